The Balaban J connectivity index is 1.87. The molecule has 3 aliphatic carbocycles. The molecule has 3 aliphatic rings. The lowest BCUT2D eigenvalue weighted by molar-refractivity contribution is -0.120. The second kappa shape index (κ2) is 4.71. The summed E-state index contributed by atoms with van der Waals surface area (Å²) < 4.78 is 0. The van der Waals surface area contributed by atoms with Crippen molar-refractivity contribution in [1.29, 1.82) is 0 Å². The molecule has 0 spiro atoms. The van der Waals surface area contributed by atoms with Gasteiger partial charge in [0, 0.05) is 5.92 Å². The Morgan fingerprint density at radius 3 is 3.10 bits per heavy atom. The van der Waals surface area contributed by atoms with Crippen molar-refractivity contribution in [3.05, 3.63) is 64.3 Å². The summed E-state index contributed by atoms with van der Waals surface area (Å²) in [5, 5.41) is 0. The highest BCUT2D eigenvalue weighted by Crippen LogP contribution is 2.48. The van der Waals surface area contributed by atoms with Gasteiger partial charge in [-0.15, -0.1) is 0 Å². The van der Waals surface area contributed by atoms with Crippen molar-refractivity contribution in [2.24, 2.45) is 11.8 Å². The standard InChI is InChI=1S/C18H18N2O/c19-20-16(21)10-14-7-6-13-5-4-11-2-1-3-12-8-9-15(14)18(13)17(11)12/h1-3,6-9,11,17H,4-5,10,19H2,(H,20,21). The Hall–Kier alpha value is -2.13. The third-order valence-corrected chi connectivity index (χ3v) is 4.91. The van der Waals surface area contributed by atoms with Crippen molar-refractivity contribution in [2.75, 3.05) is 0 Å². The first-order chi connectivity index (χ1) is 10.3. The smallest absolute Gasteiger partial charge is 0.238 e. The quantitative estimate of drug-likeness (QED) is 0.496. The minimum absolute atomic E-state index is 0.142. The van der Waals surface area contributed by atoms with E-state index in [0.29, 0.717) is 18.3 Å². The van der Waals surface area contributed by atoms with Crippen molar-refractivity contribution in [1.82, 2.24) is 5.43 Å². The van der Waals surface area contributed by atoms with Gasteiger partial charge in [-0.1, -0.05) is 42.5 Å². The summed E-state index contributed by atoms with van der Waals surface area (Å²) in [6.07, 6.45) is 13.8. The van der Waals surface area contributed by atoms with Gasteiger partial charge in [-0.2, -0.15) is 0 Å². The lowest BCUT2D eigenvalue weighted by Crippen LogP contribution is -2.32. The number of nitrogens with two attached hydrogens (primary N) is 1. The average Bonchev–Trinajstić information content (AvgIpc) is 2.53. The highest BCUT2D eigenvalue weighted by molar-refractivity contribution is 5.81. The molecular weight excluding hydrogens is 260 g/mol. The van der Waals surface area contributed by atoms with Gasteiger partial charge >= 0.3 is 0 Å². The number of nitrogens with one attached hydrogen (secondary N) is 1. The largest absolute Gasteiger partial charge is 0.294 e. The zero-order valence-electron chi connectivity index (χ0n) is 11.8. The molecule has 4 rings (SSSR count). The van der Waals surface area contributed by atoms with Gasteiger partial charge in [0.15, 0.2) is 0 Å². The highest BCUT2D eigenvalue weighted by atomic mass is 16.2. The molecule has 1 aromatic rings. The molecule has 2 atom stereocenters. The number of hydrazine groups is 1. The lowest BCUT2D eigenvalue weighted by atomic mass is 9.65. The summed E-state index contributed by atoms with van der Waals surface area (Å²) >= 11 is 0. The number of hydrogen-bond acceptors (Lipinski definition) is 2. The number of allylic oxidation sites excluding steroid dienone is 5. The third kappa shape index (κ3) is 1.88. The maximum absolute atomic E-state index is 11.6. The second-order valence-corrected chi connectivity index (χ2v) is 6.02. The predicted molar refractivity (Wildman–Crippen MR) is 83.3 cm³/mol. The van der Waals surface area contributed by atoms with Gasteiger partial charge < -0.3 is 0 Å². The molecule has 0 fully saturated rings. The van der Waals surface area contributed by atoms with Crippen LogP contribution in [0.2, 0.25) is 0 Å². The van der Waals surface area contributed by atoms with Crippen LogP contribution in [0.1, 0.15) is 34.6 Å². The minimum atomic E-state index is -0.142. The zero-order valence-corrected chi connectivity index (χ0v) is 11.8. The van der Waals surface area contributed by atoms with E-state index < -0.39 is 0 Å². The molecule has 21 heavy (non-hydrogen) atoms. The van der Waals surface area contributed by atoms with Gasteiger partial charge in [0.05, 0.1) is 6.42 Å². The van der Waals surface area contributed by atoms with Crippen LogP contribution in [0.5, 0.6) is 0 Å². The molecule has 3 heteroatoms. The number of rotatable bonds is 2. The highest BCUT2D eigenvalue weighted by Gasteiger charge is 2.35. The fourth-order valence-corrected chi connectivity index (χ4v) is 3.96. The molecule has 1 aromatic carbocycles. The van der Waals surface area contributed by atoms with Crippen molar-refractivity contribution in [3.63, 3.8) is 0 Å². The Kier molecular flexibility index (Phi) is 2.82. The molecule has 0 heterocycles. The lowest BCUT2D eigenvalue weighted by Gasteiger charge is -2.38. The average molecular weight is 278 g/mol. The Labute approximate surface area is 124 Å². The fraction of sp³-hybridized carbons (Fsp3) is 0.278. The number of benzene rings is 1. The molecule has 0 aliphatic heterocycles. The molecule has 0 aromatic heterocycles. The molecule has 2 unspecified atom stereocenters. The summed E-state index contributed by atoms with van der Waals surface area (Å²) in [5.41, 5.74) is 8.81. The minimum Gasteiger partial charge on any atom is -0.294 e. The van der Waals surface area contributed by atoms with Crippen LogP contribution in [0, 0.1) is 5.92 Å². The fourth-order valence-electron chi connectivity index (χ4n) is 3.96. The molecular formula is C18H18N2O. The van der Waals surface area contributed by atoms with Crippen LogP contribution in [0.3, 0.4) is 0 Å². The van der Waals surface area contributed by atoms with E-state index in [1.165, 1.54) is 28.7 Å². The molecule has 3 nitrogen and oxygen atoms in total. The number of carbonyl (C=O) groups excluding carboxylic acids is 1. The van der Waals surface area contributed by atoms with E-state index in [9.17, 15) is 4.79 Å². The van der Waals surface area contributed by atoms with Gasteiger partial charge in [0.25, 0.3) is 0 Å². The number of amides is 1. The summed E-state index contributed by atoms with van der Waals surface area (Å²) in [7, 11) is 0. The van der Waals surface area contributed by atoms with E-state index in [0.717, 1.165) is 12.0 Å². The van der Waals surface area contributed by atoms with Crippen LogP contribution < -0.4 is 11.3 Å². The molecule has 3 N–H and O–H groups in total. The van der Waals surface area contributed by atoms with E-state index >= 15 is 0 Å². The Bertz CT molecular complexity index is 712. The Morgan fingerprint density at radius 1 is 1.33 bits per heavy atom. The summed E-state index contributed by atoms with van der Waals surface area (Å²) in [5.74, 6) is 6.16. The maximum atomic E-state index is 11.6. The summed E-state index contributed by atoms with van der Waals surface area (Å²) in [4.78, 5) is 11.6. The van der Waals surface area contributed by atoms with Crippen LogP contribution in [-0.2, 0) is 17.6 Å². The van der Waals surface area contributed by atoms with E-state index in [1.54, 1.807) is 0 Å². The van der Waals surface area contributed by atoms with E-state index in [2.05, 4.69) is 47.9 Å². The van der Waals surface area contributed by atoms with Gasteiger partial charge in [-0.25, -0.2) is 5.84 Å². The number of hydrogen-bond donors (Lipinski definition) is 2. The first-order valence-corrected chi connectivity index (χ1v) is 7.48. The first-order valence-electron chi connectivity index (χ1n) is 7.48. The second-order valence-electron chi connectivity index (χ2n) is 6.02. The van der Waals surface area contributed by atoms with E-state index in [-0.39, 0.29) is 5.91 Å². The molecule has 0 bridgehead atoms. The van der Waals surface area contributed by atoms with Crippen LogP contribution in [0.25, 0.3) is 6.08 Å². The van der Waals surface area contributed by atoms with Gasteiger partial charge in [0.1, 0.15) is 0 Å². The Morgan fingerprint density at radius 2 is 2.24 bits per heavy atom. The van der Waals surface area contributed by atoms with Crippen molar-refractivity contribution < 1.29 is 4.79 Å². The normalized spacial score (nSPS) is 24.3. The van der Waals surface area contributed by atoms with E-state index in [1.807, 2.05) is 0 Å². The van der Waals surface area contributed by atoms with Crippen LogP contribution in [0.4, 0.5) is 0 Å². The topological polar surface area (TPSA) is 55.1 Å². The summed E-state index contributed by atoms with van der Waals surface area (Å²) in [6.45, 7) is 0. The predicted octanol–water partition coefficient (Wildman–Crippen LogP) is 2.39. The van der Waals surface area contributed by atoms with Crippen molar-refractivity contribution in [3.8, 4) is 0 Å². The number of aryl methyl sites for hydroxylation is 1. The number of carbonyl (C=O) groups is 1. The van der Waals surface area contributed by atoms with E-state index in [4.69, 9.17) is 5.84 Å². The van der Waals surface area contributed by atoms with Gasteiger partial charge in [0.2, 0.25) is 5.91 Å². The van der Waals surface area contributed by atoms with Crippen molar-refractivity contribution >= 4 is 12.0 Å². The molecule has 0 radical (unpaired) electrons. The van der Waals surface area contributed by atoms with Crippen molar-refractivity contribution in [2.45, 2.75) is 25.2 Å². The van der Waals surface area contributed by atoms with Crippen LogP contribution in [-0.4, -0.2) is 5.91 Å². The van der Waals surface area contributed by atoms with Gasteiger partial charge in [-0.05, 0) is 46.6 Å². The first kappa shape index (κ1) is 12.6. The SMILES string of the molecule is NNC(=O)Cc1ccc2c3c1C=CC1=CC=CC(CC2)C13. The van der Waals surface area contributed by atoms with Gasteiger partial charge in [-0.3, -0.25) is 10.2 Å². The molecule has 0 saturated heterocycles. The third-order valence-electron chi connectivity index (χ3n) is 4.91. The summed E-state index contributed by atoms with van der Waals surface area (Å²) in [6, 6.07) is 4.28. The van der Waals surface area contributed by atoms with Crippen LogP contribution >= 0.6 is 0 Å². The molecule has 1 amide bonds. The molecule has 0 saturated carbocycles. The van der Waals surface area contributed by atoms with Crippen LogP contribution in [0.15, 0.2) is 42.0 Å². The zero-order chi connectivity index (χ0) is 14.4. The molecule has 106 valence electrons. The maximum Gasteiger partial charge on any atom is 0.238 e. The monoisotopic (exact) mass is 278 g/mol.